The summed E-state index contributed by atoms with van der Waals surface area (Å²) in [6.07, 6.45) is 5.20. The van der Waals surface area contributed by atoms with Crippen LogP contribution in [0.3, 0.4) is 0 Å². The van der Waals surface area contributed by atoms with Gasteiger partial charge in [-0.05, 0) is 29.7 Å². The van der Waals surface area contributed by atoms with E-state index >= 15 is 0 Å². The van der Waals surface area contributed by atoms with E-state index in [0.29, 0.717) is 18.9 Å². The van der Waals surface area contributed by atoms with E-state index in [9.17, 15) is 9.59 Å². The van der Waals surface area contributed by atoms with Crippen LogP contribution >= 0.6 is 0 Å². The van der Waals surface area contributed by atoms with E-state index in [1.54, 1.807) is 29.3 Å². The topological polar surface area (TPSA) is 88.9 Å². The van der Waals surface area contributed by atoms with Crippen molar-refractivity contribution in [2.45, 2.75) is 32.7 Å². The van der Waals surface area contributed by atoms with Crippen molar-refractivity contribution in [1.29, 1.82) is 0 Å². The maximum Gasteiger partial charge on any atom is 0.314 e. The Morgan fingerprint density at radius 2 is 1.86 bits per heavy atom. The fourth-order valence-corrected chi connectivity index (χ4v) is 3.18. The normalized spacial score (nSPS) is 11.1. The van der Waals surface area contributed by atoms with Crippen LogP contribution in [0.4, 0.5) is 5.82 Å². The Hall–Kier alpha value is -3.48. The summed E-state index contributed by atoms with van der Waals surface area (Å²) in [7, 11) is 0. The number of pyridine rings is 1. The Bertz CT molecular complexity index is 995. The molecule has 3 aromatic rings. The summed E-state index contributed by atoms with van der Waals surface area (Å²) in [6, 6.07) is 13.5. The number of nitrogens with one attached hydrogen (secondary N) is 2. The van der Waals surface area contributed by atoms with Gasteiger partial charge in [0, 0.05) is 36.6 Å². The molecule has 2 heterocycles. The number of aromatic nitrogens is 3. The van der Waals surface area contributed by atoms with Gasteiger partial charge < -0.3 is 10.6 Å². The minimum Gasteiger partial charge on any atom is -0.347 e. The number of nitrogens with zero attached hydrogens (tertiary/aromatic N) is 3. The number of carbonyl (C=O) groups is 2. The Kier molecular flexibility index (Phi) is 6.07. The summed E-state index contributed by atoms with van der Waals surface area (Å²) in [5, 5.41) is 9.53. The zero-order valence-corrected chi connectivity index (χ0v) is 16.8. The summed E-state index contributed by atoms with van der Waals surface area (Å²) in [5.41, 5.74) is 2.97. The zero-order chi connectivity index (χ0) is 20.9. The maximum atomic E-state index is 12.2. The molecule has 0 atom stereocenters. The molecule has 2 N–H and O–H groups in total. The van der Waals surface area contributed by atoms with Crippen LogP contribution in [0.5, 0.6) is 0 Å². The summed E-state index contributed by atoms with van der Waals surface area (Å²) >= 11 is 0. The molecule has 2 aromatic heterocycles. The predicted octanol–water partition coefficient (Wildman–Crippen LogP) is 2.67. The molecule has 0 bridgehead atoms. The molecule has 1 aromatic carbocycles. The first-order chi connectivity index (χ1) is 13.8. The summed E-state index contributed by atoms with van der Waals surface area (Å²) in [5.74, 6) is -1.10. The quantitative estimate of drug-likeness (QED) is 0.632. The highest BCUT2D eigenvalue weighted by atomic mass is 16.2. The maximum absolute atomic E-state index is 12.2. The molecule has 0 radical (unpaired) electrons. The van der Waals surface area contributed by atoms with Crippen molar-refractivity contribution in [1.82, 2.24) is 20.1 Å². The van der Waals surface area contributed by atoms with E-state index in [0.717, 1.165) is 16.7 Å². The second-order valence-corrected chi connectivity index (χ2v) is 7.60. The van der Waals surface area contributed by atoms with Crippen molar-refractivity contribution in [2.75, 3.05) is 11.9 Å². The largest absolute Gasteiger partial charge is 0.347 e. The fraction of sp³-hybridized carbons (Fsp3) is 0.273. The molecule has 29 heavy (non-hydrogen) atoms. The van der Waals surface area contributed by atoms with Crippen LogP contribution in [0.2, 0.25) is 0 Å². The van der Waals surface area contributed by atoms with E-state index in [2.05, 4.69) is 20.7 Å². The van der Waals surface area contributed by atoms with E-state index in [4.69, 9.17) is 0 Å². The van der Waals surface area contributed by atoms with Crippen LogP contribution in [0.15, 0.2) is 61.1 Å². The Labute approximate surface area is 170 Å². The van der Waals surface area contributed by atoms with Crippen molar-refractivity contribution in [3.8, 4) is 0 Å². The lowest BCUT2D eigenvalue weighted by Crippen LogP contribution is -2.42. The molecule has 7 nitrogen and oxygen atoms in total. The molecule has 0 spiro atoms. The summed E-state index contributed by atoms with van der Waals surface area (Å²) < 4.78 is 1.67. The second-order valence-electron chi connectivity index (χ2n) is 7.60. The molecule has 150 valence electrons. The first-order valence-electron chi connectivity index (χ1n) is 9.43. The van der Waals surface area contributed by atoms with Crippen molar-refractivity contribution < 1.29 is 9.59 Å². The Balaban J connectivity index is 1.54. The molecule has 0 aliphatic rings. The third-order valence-electron chi connectivity index (χ3n) is 4.72. The van der Waals surface area contributed by atoms with Gasteiger partial charge in [-0.25, -0.2) is 0 Å². The van der Waals surface area contributed by atoms with Gasteiger partial charge in [-0.2, -0.15) is 5.10 Å². The van der Waals surface area contributed by atoms with Gasteiger partial charge in [0.1, 0.15) is 0 Å². The smallest absolute Gasteiger partial charge is 0.314 e. The summed E-state index contributed by atoms with van der Waals surface area (Å²) in [6.45, 7) is 6.98. The number of benzene rings is 1. The Morgan fingerprint density at radius 3 is 2.59 bits per heavy atom. The van der Waals surface area contributed by atoms with Crippen molar-refractivity contribution in [3.05, 3.63) is 77.7 Å². The van der Waals surface area contributed by atoms with Gasteiger partial charge in [-0.1, -0.05) is 44.2 Å². The monoisotopic (exact) mass is 391 g/mol. The predicted molar refractivity (Wildman–Crippen MR) is 111 cm³/mol. The van der Waals surface area contributed by atoms with Gasteiger partial charge in [0.05, 0.1) is 6.54 Å². The number of hydrogen-bond donors (Lipinski definition) is 2. The van der Waals surface area contributed by atoms with Crippen LogP contribution in [-0.2, 0) is 21.5 Å². The highest BCUT2D eigenvalue weighted by Crippen LogP contribution is 2.25. The number of carbonyl (C=O) groups excluding carboxylic acids is 2. The first-order valence-corrected chi connectivity index (χ1v) is 9.43. The number of hydrogen-bond acceptors (Lipinski definition) is 4. The van der Waals surface area contributed by atoms with Crippen LogP contribution < -0.4 is 10.6 Å². The number of amides is 2. The van der Waals surface area contributed by atoms with E-state index in [1.165, 1.54) is 0 Å². The van der Waals surface area contributed by atoms with Gasteiger partial charge in [0.15, 0.2) is 5.82 Å². The molecule has 3 rings (SSSR count). The molecule has 0 fully saturated rings. The van der Waals surface area contributed by atoms with Gasteiger partial charge in [0.2, 0.25) is 0 Å². The van der Waals surface area contributed by atoms with Crippen molar-refractivity contribution in [3.63, 3.8) is 0 Å². The number of aryl methyl sites for hydroxylation is 1. The molecule has 0 aliphatic heterocycles. The third kappa shape index (κ3) is 5.28. The van der Waals surface area contributed by atoms with Gasteiger partial charge >= 0.3 is 11.8 Å². The van der Waals surface area contributed by atoms with Gasteiger partial charge in [0.25, 0.3) is 0 Å². The molecule has 0 saturated heterocycles. The number of anilines is 1. The molecular weight excluding hydrogens is 366 g/mol. The second kappa shape index (κ2) is 8.68. The van der Waals surface area contributed by atoms with Gasteiger partial charge in [-0.3, -0.25) is 19.3 Å². The van der Waals surface area contributed by atoms with Crippen LogP contribution in [-0.4, -0.2) is 33.1 Å². The van der Waals surface area contributed by atoms with E-state index < -0.39 is 11.8 Å². The molecule has 7 heteroatoms. The van der Waals surface area contributed by atoms with Crippen LogP contribution in [0.1, 0.15) is 30.5 Å². The Morgan fingerprint density at radius 1 is 1.07 bits per heavy atom. The lowest BCUT2D eigenvalue weighted by atomic mass is 9.82. The third-order valence-corrected chi connectivity index (χ3v) is 4.72. The highest BCUT2D eigenvalue weighted by Gasteiger charge is 2.24. The van der Waals surface area contributed by atoms with Crippen molar-refractivity contribution >= 4 is 17.6 Å². The standard InChI is InChI=1S/C22H25N5O2/c1-16-7-4-5-9-18(16)22(2,3)15-24-20(28)21(29)25-19-10-12-27(26-19)14-17-8-6-11-23-13-17/h4-13H,14-15H2,1-3H3,(H,24,28)(H,25,26,29). The van der Waals surface area contributed by atoms with Crippen molar-refractivity contribution in [2.24, 2.45) is 0 Å². The molecule has 0 aliphatic carbocycles. The molecule has 0 unspecified atom stereocenters. The SMILES string of the molecule is Cc1ccccc1C(C)(C)CNC(=O)C(=O)Nc1ccn(Cc2cccnc2)n1. The van der Waals surface area contributed by atoms with Crippen LogP contribution in [0, 0.1) is 6.92 Å². The fourth-order valence-electron chi connectivity index (χ4n) is 3.18. The molecule has 0 saturated carbocycles. The van der Waals surface area contributed by atoms with E-state index in [-0.39, 0.29) is 5.41 Å². The van der Waals surface area contributed by atoms with Crippen LogP contribution in [0.25, 0.3) is 0 Å². The zero-order valence-electron chi connectivity index (χ0n) is 16.8. The van der Waals surface area contributed by atoms with Gasteiger partial charge in [-0.15, -0.1) is 0 Å². The first kappa shape index (κ1) is 20.3. The minimum absolute atomic E-state index is 0.299. The lowest BCUT2D eigenvalue weighted by Gasteiger charge is -2.27. The highest BCUT2D eigenvalue weighted by molar-refractivity contribution is 6.39. The molecule has 2 amide bonds. The summed E-state index contributed by atoms with van der Waals surface area (Å²) in [4.78, 5) is 28.5. The van der Waals surface area contributed by atoms with E-state index in [1.807, 2.05) is 57.2 Å². The number of rotatable bonds is 6. The average Bonchev–Trinajstić information content (AvgIpc) is 3.13. The average molecular weight is 391 g/mol. The minimum atomic E-state index is -0.739. The molecular formula is C22H25N5O2. The lowest BCUT2D eigenvalue weighted by molar-refractivity contribution is -0.136.